The molecule has 2 heterocycles. The van der Waals surface area contributed by atoms with E-state index in [0.717, 1.165) is 27.2 Å². The van der Waals surface area contributed by atoms with Crippen LogP contribution in [0.1, 0.15) is 17.0 Å². The number of rotatable bonds is 7. The van der Waals surface area contributed by atoms with E-state index in [9.17, 15) is 9.18 Å². The van der Waals surface area contributed by atoms with E-state index in [-0.39, 0.29) is 18.3 Å². The van der Waals surface area contributed by atoms with Gasteiger partial charge >= 0.3 is 0 Å². The fourth-order valence-electron chi connectivity index (χ4n) is 3.43. The van der Waals surface area contributed by atoms with Crippen molar-refractivity contribution >= 4 is 44.2 Å². The number of hydrogen-bond acceptors (Lipinski definition) is 5. The van der Waals surface area contributed by atoms with Crippen LogP contribution in [-0.4, -0.2) is 33.8 Å². The van der Waals surface area contributed by atoms with Crippen molar-refractivity contribution in [3.63, 3.8) is 0 Å². The van der Waals surface area contributed by atoms with Gasteiger partial charge in [0.05, 0.1) is 22.5 Å². The number of aromatic nitrogens is 3. The Morgan fingerprint density at radius 1 is 1.19 bits per heavy atom. The van der Waals surface area contributed by atoms with Gasteiger partial charge in [0.15, 0.2) is 11.7 Å². The van der Waals surface area contributed by atoms with Gasteiger partial charge in [0.25, 0.3) is 5.91 Å². The van der Waals surface area contributed by atoms with Gasteiger partial charge in [-0.05, 0) is 68.8 Å². The Labute approximate surface area is 194 Å². The first-order valence-corrected chi connectivity index (χ1v) is 11.3. The van der Waals surface area contributed by atoms with Crippen LogP contribution in [0.25, 0.3) is 10.2 Å². The molecule has 4 aromatic rings. The normalized spacial score (nSPS) is 11.2. The lowest BCUT2D eigenvalue weighted by atomic mass is 10.2. The van der Waals surface area contributed by atoms with Gasteiger partial charge in [0.1, 0.15) is 11.6 Å². The molecule has 0 radical (unpaired) electrons. The molecule has 4 rings (SSSR count). The van der Waals surface area contributed by atoms with Crippen LogP contribution in [0.4, 0.5) is 9.52 Å². The number of thiazole rings is 1. The Morgan fingerprint density at radius 3 is 2.62 bits per heavy atom. The minimum atomic E-state index is -0.362. The largest absolute Gasteiger partial charge is 0.484 e. The van der Waals surface area contributed by atoms with Crippen molar-refractivity contribution in [3.05, 3.63) is 70.3 Å². The molecule has 32 heavy (non-hydrogen) atoms. The first-order valence-electron chi connectivity index (χ1n) is 10.1. The summed E-state index contributed by atoms with van der Waals surface area (Å²) in [5.41, 5.74) is 3.70. The molecule has 2 aromatic heterocycles. The number of ether oxygens (including phenoxy) is 1. The van der Waals surface area contributed by atoms with Gasteiger partial charge in [0.2, 0.25) is 0 Å². The second kappa shape index (κ2) is 9.26. The molecule has 0 spiro atoms. The standard InChI is InChI=1S/C23H22ClFN4O2S/c1-14-10-17(24)12-20-22(14)26-23(32-20)28(8-9-29-16(3)11-15(2)27-29)21(30)13-31-19-6-4-18(25)5-7-19/h4-7,10-12H,8-9,13H2,1-3H3. The highest BCUT2D eigenvalue weighted by molar-refractivity contribution is 7.22. The molecular formula is C23H22ClFN4O2S. The molecule has 0 unspecified atom stereocenters. The summed E-state index contributed by atoms with van der Waals surface area (Å²) in [5, 5.41) is 5.68. The third kappa shape index (κ3) is 4.92. The number of carbonyl (C=O) groups excluding carboxylic acids is 1. The number of nitrogens with zero attached hydrogens (tertiary/aromatic N) is 4. The Balaban J connectivity index is 1.59. The average molecular weight is 473 g/mol. The molecule has 6 nitrogen and oxygen atoms in total. The number of benzene rings is 2. The molecule has 0 atom stereocenters. The Bertz CT molecular complexity index is 1270. The van der Waals surface area contributed by atoms with E-state index in [1.165, 1.54) is 35.6 Å². The van der Waals surface area contributed by atoms with Crippen LogP contribution in [0, 0.1) is 26.6 Å². The summed E-state index contributed by atoms with van der Waals surface area (Å²) < 4.78 is 21.5. The molecular weight excluding hydrogens is 451 g/mol. The molecule has 0 bridgehead atoms. The lowest BCUT2D eigenvalue weighted by Crippen LogP contribution is -2.37. The van der Waals surface area contributed by atoms with Gasteiger partial charge < -0.3 is 4.74 Å². The molecule has 0 aliphatic carbocycles. The second-order valence-corrected chi connectivity index (χ2v) is 8.95. The minimum Gasteiger partial charge on any atom is -0.484 e. The first kappa shape index (κ1) is 22.2. The van der Waals surface area contributed by atoms with E-state index in [4.69, 9.17) is 21.3 Å². The molecule has 2 aromatic carbocycles. The number of aryl methyl sites for hydroxylation is 3. The van der Waals surface area contributed by atoms with Gasteiger partial charge in [-0.2, -0.15) is 5.10 Å². The van der Waals surface area contributed by atoms with E-state index < -0.39 is 0 Å². The summed E-state index contributed by atoms with van der Waals surface area (Å²) in [4.78, 5) is 19.5. The quantitative estimate of drug-likeness (QED) is 0.365. The third-order valence-electron chi connectivity index (χ3n) is 4.99. The lowest BCUT2D eigenvalue weighted by Gasteiger charge is -2.20. The molecule has 0 N–H and O–H groups in total. The number of halogens is 2. The first-order chi connectivity index (χ1) is 15.3. The van der Waals surface area contributed by atoms with Crippen molar-refractivity contribution in [2.45, 2.75) is 27.3 Å². The Hall–Kier alpha value is -2.97. The zero-order chi connectivity index (χ0) is 22.8. The van der Waals surface area contributed by atoms with Crippen molar-refractivity contribution in [1.29, 1.82) is 0 Å². The number of carbonyl (C=O) groups is 1. The smallest absolute Gasteiger partial charge is 0.266 e. The predicted molar refractivity (Wildman–Crippen MR) is 125 cm³/mol. The molecule has 0 saturated carbocycles. The average Bonchev–Trinajstić information content (AvgIpc) is 3.30. The lowest BCUT2D eigenvalue weighted by molar-refractivity contribution is -0.120. The molecule has 0 aliphatic heterocycles. The fraction of sp³-hybridized carbons (Fsp3) is 0.261. The highest BCUT2D eigenvalue weighted by Gasteiger charge is 2.22. The molecule has 9 heteroatoms. The summed E-state index contributed by atoms with van der Waals surface area (Å²) in [5.74, 6) is -0.192. The van der Waals surface area contributed by atoms with Crippen molar-refractivity contribution < 1.29 is 13.9 Å². The van der Waals surface area contributed by atoms with Crippen LogP contribution in [-0.2, 0) is 11.3 Å². The van der Waals surface area contributed by atoms with Crippen LogP contribution in [0.2, 0.25) is 5.02 Å². The molecule has 0 saturated heterocycles. The maximum atomic E-state index is 13.2. The van der Waals surface area contributed by atoms with Gasteiger partial charge in [-0.25, -0.2) is 9.37 Å². The third-order valence-corrected chi connectivity index (χ3v) is 6.23. The summed E-state index contributed by atoms with van der Waals surface area (Å²) in [6.45, 7) is 6.55. The zero-order valence-corrected chi connectivity index (χ0v) is 19.5. The fourth-order valence-corrected chi connectivity index (χ4v) is 4.90. The maximum absolute atomic E-state index is 13.2. The van der Waals surface area contributed by atoms with E-state index in [2.05, 4.69) is 5.10 Å². The second-order valence-electron chi connectivity index (χ2n) is 7.50. The van der Waals surface area contributed by atoms with E-state index in [0.29, 0.717) is 29.0 Å². The Kier molecular flexibility index (Phi) is 6.43. The highest BCUT2D eigenvalue weighted by atomic mass is 35.5. The van der Waals surface area contributed by atoms with Gasteiger partial charge in [-0.3, -0.25) is 14.4 Å². The van der Waals surface area contributed by atoms with Crippen LogP contribution in [0.3, 0.4) is 0 Å². The summed E-state index contributed by atoms with van der Waals surface area (Å²) in [6, 6.07) is 11.3. The van der Waals surface area contributed by atoms with E-state index in [1.54, 1.807) is 4.90 Å². The van der Waals surface area contributed by atoms with E-state index in [1.807, 2.05) is 43.7 Å². The van der Waals surface area contributed by atoms with Crippen molar-refractivity contribution in [3.8, 4) is 5.75 Å². The summed E-state index contributed by atoms with van der Waals surface area (Å²) in [6.07, 6.45) is 0. The van der Waals surface area contributed by atoms with Crippen molar-refractivity contribution in [1.82, 2.24) is 14.8 Å². The van der Waals surface area contributed by atoms with Gasteiger partial charge in [-0.15, -0.1) is 0 Å². The van der Waals surface area contributed by atoms with Crippen LogP contribution in [0.5, 0.6) is 5.75 Å². The number of anilines is 1. The molecule has 166 valence electrons. The highest BCUT2D eigenvalue weighted by Crippen LogP contribution is 2.33. The summed E-state index contributed by atoms with van der Waals surface area (Å²) in [7, 11) is 0. The zero-order valence-electron chi connectivity index (χ0n) is 17.9. The summed E-state index contributed by atoms with van der Waals surface area (Å²) >= 11 is 7.61. The minimum absolute atomic E-state index is 0.196. The number of fused-ring (bicyclic) bond motifs is 1. The number of hydrogen-bond donors (Lipinski definition) is 0. The molecule has 0 aliphatic rings. The monoisotopic (exact) mass is 472 g/mol. The van der Waals surface area contributed by atoms with Crippen molar-refractivity contribution in [2.24, 2.45) is 0 Å². The topological polar surface area (TPSA) is 60.2 Å². The number of amides is 1. The van der Waals surface area contributed by atoms with Crippen LogP contribution >= 0.6 is 22.9 Å². The SMILES string of the molecule is Cc1cc(C)n(CCN(C(=O)COc2ccc(F)cc2)c2nc3c(C)cc(Cl)cc3s2)n1. The van der Waals surface area contributed by atoms with Crippen LogP contribution in [0.15, 0.2) is 42.5 Å². The van der Waals surface area contributed by atoms with Crippen molar-refractivity contribution in [2.75, 3.05) is 18.1 Å². The van der Waals surface area contributed by atoms with Gasteiger partial charge in [-0.1, -0.05) is 22.9 Å². The van der Waals surface area contributed by atoms with Gasteiger partial charge in [0, 0.05) is 17.3 Å². The van der Waals surface area contributed by atoms with E-state index >= 15 is 0 Å². The predicted octanol–water partition coefficient (Wildman–Crippen LogP) is 5.32. The Morgan fingerprint density at radius 2 is 1.94 bits per heavy atom. The van der Waals surface area contributed by atoms with Crippen LogP contribution < -0.4 is 9.64 Å². The maximum Gasteiger partial charge on any atom is 0.266 e. The molecule has 1 amide bonds. The molecule has 0 fully saturated rings.